The summed E-state index contributed by atoms with van der Waals surface area (Å²) in [4.78, 5) is 0.235. The Kier molecular flexibility index (Phi) is 8.02. The van der Waals surface area contributed by atoms with Gasteiger partial charge in [0.25, 0.3) is 0 Å². The highest BCUT2D eigenvalue weighted by atomic mass is 35.5. The van der Waals surface area contributed by atoms with Crippen LogP contribution in [0.2, 0.25) is 5.02 Å². The zero-order chi connectivity index (χ0) is 16.0. The third-order valence-corrected chi connectivity index (χ3v) is 5.49. The molecule has 0 saturated heterocycles. The van der Waals surface area contributed by atoms with E-state index in [1.54, 1.807) is 12.1 Å². The van der Waals surface area contributed by atoms with Crippen molar-refractivity contribution in [1.82, 2.24) is 4.31 Å². The molecule has 2 rings (SSSR count). The Morgan fingerprint density at radius 3 is 2.13 bits per heavy atom. The Morgan fingerprint density at radius 1 is 0.957 bits per heavy atom. The van der Waals surface area contributed by atoms with Gasteiger partial charge in [-0.2, -0.15) is 4.31 Å². The van der Waals surface area contributed by atoms with E-state index in [1.165, 1.54) is 16.4 Å². The SMILES string of the molecule is Cl.NCCN(CCc1ccccc1)S(=O)(=O)c1ccc(Cl)cc1. The maximum atomic E-state index is 12.7. The van der Waals surface area contributed by atoms with Crippen molar-refractivity contribution in [3.8, 4) is 0 Å². The van der Waals surface area contributed by atoms with Crippen LogP contribution in [0.3, 0.4) is 0 Å². The molecule has 2 aromatic rings. The molecule has 0 radical (unpaired) electrons. The Morgan fingerprint density at radius 2 is 1.57 bits per heavy atom. The van der Waals surface area contributed by atoms with Crippen LogP contribution in [0.25, 0.3) is 0 Å². The van der Waals surface area contributed by atoms with E-state index in [4.69, 9.17) is 17.3 Å². The number of hydrogen-bond acceptors (Lipinski definition) is 3. The van der Waals surface area contributed by atoms with E-state index in [1.807, 2.05) is 30.3 Å². The number of sulfonamides is 1. The summed E-state index contributed by atoms with van der Waals surface area (Å²) in [5, 5.41) is 0.508. The van der Waals surface area contributed by atoms with Gasteiger partial charge in [-0.15, -0.1) is 12.4 Å². The number of hydrogen-bond donors (Lipinski definition) is 1. The van der Waals surface area contributed by atoms with E-state index in [0.717, 1.165) is 5.56 Å². The van der Waals surface area contributed by atoms with Crippen molar-refractivity contribution in [2.75, 3.05) is 19.6 Å². The third kappa shape index (κ3) is 5.48. The van der Waals surface area contributed by atoms with Gasteiger partial charge in [0.2, 0.25) is 10.0 Å². The Hall–Kier alpha value is -1.11. The van der Waals surface area contributed by atoms with Gasteiger partial charge in [0, 0.05) is 24.7 Å². The molecule has 4 nitrogen and oxygen atoms in total. The molecule has 23 heavy (non-hydrogen) atoms. The smallest absolute Gasteiger partial charge is 0.243 e. The van der Waals surface area contributed by atoms with Crippen LogP contribution in [0.1, 0.15) is 5.56 Å². The van der Waals surface area contributed by atoms with E-state index in [2.05, 4.69) is 0 Å². The predicted molar refractivity (Wildman–Crippen MR) is 96.7 cm³/mol. The van der Waals surface area contributed by atoms with Crippen LogP contribution in [0, 0.1) is 0 Å². The summed E-state index contributed by atoms with van der Waals surface area (Å²) in [6, 6.07) is 16.0. The molecular formula is C16H20Cl2N2O2S. The van der Waals surface area contributed by atoms with E-state index >= 15 is 0 Å². The lowest BCUT2D eigenvalue weighted by Gasteiger charge is -2.21. The molecule has 0 aliphatic heterocycles. The molecule has 0 saturated carbocycles. The summed E-state index contributed by atoms with van der Waals surface area (Å²) in [7, 11) is -3.56. The molecule has 126 valence electrons. The highest BCUT2D eigenvalue weighted by Crippen LogP contribution is 2.18. The van der Waals surface area contributed by atoms with Crippen molar-refractivity contribution >= 4 is 34.0 Å². The second kappa shape index (κ2) is 9.25. The number of nitrogens with zero attached hydrogens (tertiary/aromatic N) is 1. The highest BCUT2D eigenvalue weighted by molar-refractivity contribution is 7.89. The van der Waals surface area contributed by atoms with Crippen molar-refractivity contribution in [2.45, 2.75) is 11.3 Å². The van der Waals surface area contributed by atoms with Gasteiger partial charge in [-0.05, 0) is 36.2 Å². The largest absolute Gasteiger partial charge is 0.329 e. The predicted octanol–water partition coefficient (Wildman–Crippen LogP) is 2.95. The summed E-state index contributed by atoms with van der Waals surface area (Å²) in [5.74, 6) is 0. The van der Waals surface area contributed by atoms with Gasteiger partial charge in [-0.3, -0.25) is 0 Å². The molecular weight excluding hydrogens is 355 g/mol. The van der Waals surface area contributed by atoms with Crippen molar-refractivity contribution in [1.29, 1.82) is 0 Å². The van der Waals surface area contributed by atoms with Gasteiger partial charge < -0.3 is 5.73 Å². The first-order valence-corrected chi connectivity index (χ1v) is 8.85. The third-order valence-electron chi connectivity index (χ3n) is 3.32. The van der Waals surface area contributed by atoms with Crippen molar-refractivity contribution in [2.24, 2.45) is 5.73 Å². The molecule has 2 N–H and O–H groups in total. The first-order valence-electron chi connectivity index (χ1n) is 7.04. The minimum Gasteiger partial charge on any atom is -0.329 e. The maximum Gasteiger partial charge on any atom is 0.243 e. The van der Waals surface area contributed by atoms with Crippen LogP contribution in [0.5, 0.6) is 0 Å². The molecule has 0 atom stereocenters. The monoisotopic (exact) mass is 374 g/mol. The minimum atomic E-state index is -3.56. The van der Waals surface area contributed by atoms with Crippen molar-refractivity contribution < 1.29 is 8.42 Å². The number of benzene rings is 2. The fourth-order valence-corrected chi connectivity index (χ4v) is 3.73. The lowest BCUT2D eigenvalue weighted by molar-refractivity contribution is 0.421. The molecule has 0 heterocycles. The van der Waals surface area contributed by atoms with Gasteiger partial charge in [-0.25, -0.2) is 8.42 Å². The van der Waals surface area contributed by atoms with Gasteiger partial charge in [0.05, 0.1) is 4.90 Å². The molecule has 2 aromatic carbocycles. The van der Waals surface area contributed by atoms with E-state index in [0.29, 0.717) is 18.0 Å². The van der Waals surface area contributed by atoms with E-state index < -0.39 is 10.0 Å². The van der Waals surface area contributed by atoms with Crippen LogP contribution >= 0.6 is 24.0 Å². The van der Waals surface area contributed by atoms with Gasteiger partial charge in [-0.1, -0.05) is 41.9 Å². The fourth-order valence-electron chi connectivity index (χ4n) is 2.15. The van der Waals surface area contributed by atoms with Crippen LogP contribution in [0.15, 0.2) is 59.5 Å². The molecule has 0 unspecified atom stereocenters. The zero-order valence-electron chi connectivity index (χ0n) is 12.6. The molecule has 0 aliphatic rings. The first kappa shape index (κ1) is 19.9. The molecule has 0 aromatic heterocycles. The Balaban J connectivity index is 0.00000264. The molecule has 0 fully saturated rings. The average Bonchev–Trinajstić information content (AvgIpc) is 2.52. The minimum absolute atomic E-state index is 0. The number of nitrogens with two attached hydrogens (primary N) is 1. The second-order valence-electron chi connectivity index (χ2n) is 4.88. The van der Waals surface area contributed by atoms with Crippen LogP contribution in [-0.2, 0) is 16.4 Å². The molecule has 0 amide bonds. The fraction of sp³-hybridized carbons (Fsp3) is 0.250. The molecule has 0 aliphatic carbocycles. The highest BCUT2D eigenvalue weighted by Gasteiger charge is 2.23. The summed E-state index contributed by atoms with van der Waals surface area (Å²) in [6.07, 6.45) is 0.646. The molecule has 0 bridgehead atoms. The second-order valence-corrected chi connectivity index (χ2v) is 7.26. The summed E-state index contributed by atoms with van der Waals surface area (Å²) in [5.41, 5.74) is 6.66. The summed E-state index contributed by atoms with van der Waals surface area (Å²) < 4.78 is 26.8. The van der Waals surface area contributed by atoms with Crippen LogP contribution < -0.4 is 5.73 Å². The van der Waals surface area contributed by atoms with Gasteiger partial charge >= 0.3 is 0 Å². The Labute approximate surface area is 148 Å². The maximum absolute atomic E-state index is 12.7. The topological polar surface area (TPSA) is 63.4 Å². The normalized spacial score (nSPS) is 11.3. The van der Waals surface area contributed by atoms with Gasteiger partial charge in [0.1, 0.15) is 0 Å². The average molecular weight is 375 g/mol. The van der Waals surface area contributed by atoms with E-state index in [-0.39, 0.29) is 30.4 Å². The standard InChI is InChI=1S/C16H19ClN2O2S.ClH/c17-15-6-8-16(9-7-15)22(20,21)19(13-11-18)12-10-14-4-2-1-3-5-14;/h1-9H,10-13,18H2;1H. The lowest BCUT2D eigenvalue weighted by Crippen LogP contribution is -2.36. The molecule has 0 spiro atoms. The molecule has 7 heteroatoms. The first-order chi connectivity index (χ1) is 10.5. The van der Waals surface area contributed by atoms with E-state index in [9.17, 15) is 8.42 Å². The van der Waals surface area contributed by atoms with Gasteiger partial charge in [0.15, 0.2) is 0 Å². The number of halogens is 2. The van der Waals surface area contributed by atoms with Crippen molar-refractivity contribution in [3.05, 3.63) is 65.2 Å². The summed E-state index contributed by atoms with van der Waals surface area (Å²) >= 11 is 5.82. The quantitative estimate of drug-likeness (QED) is 0.809. The number of rotatable bonds is 7. The zero-order valence-corrected chi connectivity index (χ0v) is 14.9. The van der Waals surface area contributed by atoms with Crippen LogP contribution in [0.4, 0.5) is 0 Å². The summed E-state index contributed by atoms with van der Waals surface area (Å²) in [6.45, 7) is 0.964. The Bertz CT molecular complexity index is 692. The van der Waals surface area contributed by atoms with Crippen molar-refractivity contribution in [3.63, 3.8) is 0 Å². The van der Waals surface area contributed by atoms with Crippen LogP contribution in [-0.4, -0.2) is 32.4 Å². The lowest BCUT2D eigenvalue weighted by atomic mass is 10.1.